The molecule has 0 aliphatic rings. The first-order valence-electron chi connectivity index (χ1n) is 3.81. The highest BCUT2D eigenvalue weighted by Gasteiger charge is 2.15. The maximum absolute atomic E-state index is 6.09. The van der Waals surface area contributed by atoms with Crippen molar-refractivity contribution in [2.24, 2.45) is 14.1 Å². The maximum Gasteiger partial charge on any atom is 0.239 e. The van der Waals surface area contributed by atoms with Crippen LogP contribution in [0.15, 0.2) is 24.3 Å². The van der Waals surface area contributed by atoms with Gasteiger partial charge in [0.25, 0.3) is 0 Å². The predicted octanol–water partition coefficient (Wildman–Crippen LogP) is 1.66. The van der Waals surface area contributed by atoms with Crippen molar-refractivity contribution in [3.8, 4) is 0 Å². The lowest BCUT2D eigenvalue weighted by Gasteiger charge is -1.87. The van der Waals surface area contributed by atoms with Gasteiger partial charge in [0.15, 0.2) is 12.2 Å². The van der Waals surface area contributed by atoms with Crippen molar-refractivity contribution in [3.63, 3.8) is 0 Å². The van der Waals surface area contributed by atoms with Crippen LogP contribution >= 0.6 is 11.6 Å². The van der Waals surface area contributed by atoms with Crippen molar-refractivity contribution in [2.75, 3.05) is 0 Å². The molecule has 0 spiro atoms. The summed E-state index contributed by atoms with van der Waals surface area (Å²) in [6.45, 7) is 0. The van der Waals surface area contributed by atoms with Gasteiger partial charge in [-0.3, -0.25) is 0 Å². The number of nitrogens with zero attached hydrogens (tertiary/aromatic N) is 2. The number of halogens is 1. The Bertz CT molecular complexity index is 392. The van der Waals surface area contributed by atoms with Crippen LogP contribution in [0.1, 0.15) is 0 Å². The number of aryl methyl sites for hydroxylation is 1. The Morgan fingerprint density at radius 3 is 2.67 bits per heavy atom. The van der Waals surface area contributed by atoms with Crippen LogP contribution in [0.25, 0.3) is 10.9 Å². The summed E-state index contributed by atoms with van der Waals surface area (Å²) < 4.78 is 3.95. The van der Waals surface area contributed by atoms with Gasteiger partial charge in [-0.25, -0.2) is 0 Å². The molecule has 2 nitrogen and oxygen atoms in total. The van der Waals surface area contributed by atoms with E-state index in [0.717, 1.165) is 16.1 Å². The molecule has 0 bridgehead atoms. The van der Waals surface area contributed by atoms with E-state index in [2.05, 4.69) is 6.07 Å². The number of rotatable bonds is 0. The third-order valence-corrected chi connectivity index (χ3v) is 2.66. The van der Waals surface area contributed by atoms with E-state index in [1.165, 1.54) is 0 Å². The van der Waals surface area contributed by atoms with Gasteiger partial charge in [0.1, 0.15) is 0 Å². The van der Waals surface area contributed by atoms with Crippen LogP contribution in [0.3, 0.4) is 0 Å². The molecule has 2 aromatic rings. The summed E-state index contributed by atoms with van der Waals surface area (Å²) in [5, 5.41) is 1.89. The average Bonchev–Trinajstić information content (AvgIpc) is 2.33. The van der Waals surface area contributed by atoms with Crippen molar-refractivity contribution < 1.29 is 4.68 Å². The predicted molar refractivity (Wildman–Crippen MR) is 49.1 cm³/mol. The summed E-state index contributed by atoms with van der Waals surface area (Å²) >= 11 is 6.09. The summed E-state index contributed by atoms with van der Waals surface area (Å²) in [5.41, 5.74) is 1.16. The van der Waals surface area contributed by atoms with Crippen molar-refractivity contribution in [1.29, 1.82) is 0 Å². The molecular weight excluding hydrogens is 172 g/mol. The zero-order valence-electron chi connectivity index (χ0n) is 7.08. The zero-order chi connectivity index (χ0) is 8.72. The highest BCUT2D eigenvalue weighted by Crippen LogP contribution is 2.19. The third kappa shape index (κ3) is 0.847. The molecule has 0 atom stereocenters. The molecule has 0 saturated carbocycles. The molecule has 0 aliphatic carbocycles. The third-order valence-electron chi connectivity index (χ3n) is 2.21. The van der Waals surface area contributed by atoms with Crippen molar-refractivity contribution in [1.82, 2.24) is 4.68 Å². The standard InChI is InChI=1S/C9H10ClN2/c1-11-8-6-4-3-5-7(8)9(10)12(11)2/h3-6H,1-2H3/q+1. The summed E-state index contributed by atoms with van der Waals surface area (Å²) in [6, 6.07) is 8.09. The number of benzene rings is 1. The number of fused-ring (bicyclic) bond motifs is 1. The average molecular weight is 182 g/mol. The Labute approximate surface area is 76.0 Å². The summed E-state index contributed by atoms with van der Waals surface area (Å²) in [5.74, 6) is 0. The van der Waals surface area contributed by atoms with Gasteiger partial charge < -0.3 is 0 Å². The molecule has 0 amide bonds. The highest BCUT2D eigenvalue weighted by atomic mass is 35.5. The zero-order valence-corrected chi connectivity index (χ0v) is 7.84. The van der Waals surface area contributed by atoms with E-state index >= 15 is 0 Å². The van der Waals surface area contributed by atoms with Gasteiger partial charge in [-0.1, -0.05) is 23.7 Å². The van der Waals surface area contributed by atoms with E-state index in [9.17, 15) is 0 Å². The summed E-state index contributed by atoms with van der Waals surface area (Å²) in [4.78, 5) is 0. The Kier molecular flexibility index (Phi) is 1.58. The van der Waals surface area contributed by atoms with Crippen LogP contribution in [-0.4, -0.2) is 4.68 Å². The molecule has 0 aliphatic heterocycles. The molecule has 0 radical (unpaired) electrons. The lowest BCUT2D eigenvalue weighted by Crippen LogP contribution is -2.37. The number of hydrogen-bond acceptors (Lipinski definition) is 0. The molecule has 3 heteroatoms. The van der Waals surface area contributed by atoms with Crippen LogP contribution in [0.5, 0.6) is 0 Å². The summed E-state index contributed by atoms with van der Waals surface area (Å²) in [6.07, 6.45) is 0. The molecule has 0 N–H and O–H groups in total. The second-order valence-corrected chi connectivity index (χ2v) is 3.21. The van der Waals surface area contributed by atoms with Gasteiger partial charge in [0.2, 0.25) is 5.52 Å². The molecule has 0 unspecified atom stereocenters. The van der Waals surface area contributed by atoms with Gasteiger partial charge in [-0.15, -0.1) is 9.36 Å². The fourth-order valence-electron chi connectivity index (χ4n) is 1.40. The Balaban J connectivity index is 2.99. The van der Waals surface area contributed by atoms with Gasteiger partial charge in [-0.05, 0) is 6.07 Å². The second-order valence-electron chi connectivity index (χ2n) is 2.86. The number of para-hydroxylation sites is 1. The van der Waals surface area contributed by atoms with Crippen LogP contribution in [-0.2, 0) is 14.1 Å². The van der Waals surface area contributed by atoms with E-state index in [-0.39, 0.29) is 0 Å². The molecule has 1 aromatic heterocycles. The molecule has 2 rings (SSSR count). The van der Waals surface area contributed by atoms with Crippen LogP contribution in [0.2, 0.25) is 5.15 Å². The minimum Gasteiger partial charge on any atom is -0.144 e. The first-order chi connectivity index (χ1) is 5.72. The van der Waals surface area contributed by atoms with Gasteiger partial charge in [-0.2, -0.15) is 0 Å². The fraction of sp³-hybridized carbons (Fsp3) is 0.222. The molecule has 62 valence electrons. The van der Waals surface area contributed by atoms with Gasteiger partial charge in [0, 0.05) is 6.07 Å². The number of aromatic nitrogens is 2. The highest BCUT2D eigenvalue weighted by molar-refractivity contribution is 6.34. The molecule has 1 aromatic carbocycles. The van der Waals surface area contributed by atoms with Crippen molar-refractivity contribution >= 4 is 22.5 Å². The lowest BCUT2D eigenvalue weighted by molar-refractivity contribution is -0.727. The molecular formula is C9H10ClN2+. The van der Waals surface area contributed by atoms with Crippen molar-refractivity contribution in [3.05, 3.63) is 29.4 Å². The first kappa shape index (κ1) is 7.62. The Morgan fingerprint density at radius 2 is 2.00 bits per heavy atom. The maximum atomic E-state index is 6.09. The van der Waals surface area contributed by atoms with E-state index in [1.54, 1.807) is 0 Å². The normalized spacial score (nSPS) is 10.9. The quantitative estimate of drug-likeness (QED) is 0.547. The molecule has 0 saturated heterocycles. The van der Waals surface area contributed by atoms with Crippen molar-refractivity contribution in [2.45, 2.75) is 0 Å². The van der Waals surface area contributed by atoms with E-state index < -0.39 is 0 Å². The summed E-state index contributed by atoms with van der Waals surface area (Å²) in [7, 11) is 3.94. The van der Waals surface area contributed by atoms with E-state index in [0.29, 0.717) is 0 Å². The monoisotopic (exact) mass is 181 g/mol. The van der Waals surface area contributed by atoms with Crippen LogP contribution in [0, 0.1) is 0 Å². The minimum atomic E-state index is 0.785. The number of hydrogen-bond donors (Lipinski definition) is 0. The molecule has 0 fully saturated rings. The molecule has 12 heavy (non-hydrogen) atoms. The first-order valence-corrected chi connectivity index (χ1v) is 4.19. The van der Waals surface area contributed by atoms with E-state index in [1.807, 2.05) is 41.7 Å². The second kappa shape index (κ2) is 2.49. The smallest absolute Gasteiger partial charge is 0.144 e. The van der Waals surface area contributed by atoms with Crippen LogP contribution < -0.4 is 4.68 Å². The van der Waals surface area contributed by atoms with Gasteiger partial charge in [0.05, 0.1) is 12.4 Å². The van der Waals surface area contributed by atoms with Crippen LogP contribution in [0.4, 0.5) is 0 Å². The Morgan fingerprint density at radius 1 is 1.33 bits per heavy atom. The largest absolute Gasteiger partial charge is 0.239 e. The Hall–Kier alpha value is -1.02. The van der Waals surface area contributed by atoms with E-state index in [4.69, 9.17) is 11.6 Å². The topological polar surface area (TPSA) is 8.81 Å². The lowest BCUT2D eigenvalue weighted by atomic mass is 10.3. The molecule has 1 heterocycles. The SMILES string of the molecule is Cn1c(Cl)c2ccccc2[n+]1C. The fourth-order valence-corrected chi connectivity index (χ4v) is 1.67. The van der Waals surface area contributed by atoms with Gasteiger partial charge >= 0.3 is 0 Å². The minimum absolute atomic E-state index is 0.785.